The van der Waals surface area contributed by atoms with Gasteiger partial charge in [0.25, 0.3) is 0 Å². The molecule has 6 nitrogen and oxygen atoms in total. The highest BCUT2D eigenvalue weighted by atomic mass is 16.5. The van der Waals surface area contributed by atoms with Crippen LogP contribution in [0.2, 0.25) is 0 Å². The van der Waals surface area contributed by atoms with E-state index < -0.39 is 5.69 Å². The molecule has 0 fully saturated rings. The van der Waals surface area contributed by atoms with Crippen LogP contribution in [0.5, 0.6) is 6.01 Å². The van der Waals surface area contributed by atoms with E-state index in [1.807, 2.05) is 0 Å². The van der Waals surface area contributed by atoms with Crippen LogP contribution < -0.4 is 10.4 Å². The van der Waals surface area contributed by atoms with Crippen molar-refractivity contribution in [1.82, 2.24) is 19.9 Å². The van der Waals surface area contributed by atoms with Crippen LogP contribution in [-0.2, 0) is 0 Å². The Kier molecular flexibility index (Phi) is 1.66. The van der Waals surface area contributed by atoms with E-state index in [9.17, 15) is 4.79 Å². The molecule has 0 saturated carbocycles. The summed E-state index contributed by atoms with van der Waals surface area (Å²) in [7, 11) is 1.47. The number of fused-ring (bicyclic) bond motifs is 1. The summed E-state index contributed by atoms with van der Waals surface area (Å²) in [6.07, 6.45) is 2.85. The third kappa shape index (κ3) is 1.33. The lowest BCUT2D eigenvalue weighted by atomic mass is 10.4. The molecule has 2 aromatic heterocycles. The summed E-state index contributed by atoms with van der Waals surface area (Å²) in [6.45, 7) is 0. The van der Waals surface area contributed by atoms with E-state index in [4.69, 9.17) is 4.74 Å². The topological polar surface area (TPSA) is 80.8 Å². The Hall–Kier alpha value is -1.98. The molecule has 0 amide bonds. The molecular formula is C7H6N4O2. The van der Waals surface area contributed by atoms with Crippen molar-refractivity contribution in [2.45, 2.75) is 0 Å². The highest BCUT2D eigenvalue weighted by Gasteiger charge is 1.99. The van der Waals surface area contributed by atoms with E-state index in [0.29, 0.717) is 11.0 Å². The van der Waals surface area contributed by atoms with E-state index in [1.54, 1.807) is 0 Å². The van der Waals surface area contributed by atoms with Gasteiger partial charge in [0, 0.05) is 0 Å². The Morgan fingerprint density at radius 1 is 1.38 bits per heavy atom. The van der Waals surface area contributed by atoms with E-state index in [1.165, 1.54) is 19.5 Å². The molecule has 0 aliphatic rings. The van der Waals surface area contributed by atoms with Crippen molar-refractivity contribution in [2.75, 3.05) is 7.11 Å². The maximum absolute atomic E-state index is 10.8. The molecule has 0 bridgehead atoms. The van der Waals surface area contributed by atoms with Crippen LogP contribution in [0.25, 0.3) is 11.0 Å². The van der Waals surface area contributed by atoms with Gasteiger partial charge >= 0.3 is 11.7 Å². The van der Waals surface area contributed by atoms with E-state index in [-0.39, 0.29) is 6.01 Å². The molecule has 66 valence electrons. The van der Waals surface area contributed by atoms with E-state index in [0.717, 1.165) is 0 Å². The number of nitrogens with zero attached hydrogens (tertiary/aromatic N) is 3. The lowest BCUT2D eigenvalue weighted by Crippen LogP contribution is -2.09. The SMILES string of the molecule is COc1ncc2[nH]c(=O)ncc2n1. The molecule has 0 spiro atoms. The summed E-state index contributed by atoms with van der Waals surface area (Å²) in [5.74, 6) is 0. The van der Waals surface area contributed by atoms with Crippen molar-refractivity contribution in [3.8, 4) is 6.01 Å². The number of methoxy groups -OCH3 is 1. The Balaban J connectivity index is 2.73. The number of nitrogens with one attached hydrogen (secondary N) is 1. The Labute approximate surface area is 72.6 Å². The van der Waals surface area contributed by atoms with Crippen LogP contribution in [-0.4, -0.2) is 27.0 Å². The zero-order valence-corrected chi connectivity index (χ0v) is 6.81. The number of H-pyrrole nitrogens is 1. The zero-order valence-electron chi connectivity index (χ0n) is 6.81. The lowest BCUT2D eigenvalue weighted by Gasteiger charge is -1.97. The van der Waals surface area contributed by atoms with Crippen molar-refractivity contribution in [1.29, 1.82) is 0 Å². The normalized spacial score (nSPS) is 10.2. The molecule has 0 unspecified atom stereocenters. The van der Waals surface area contributed by atoms with Crippen LogP contribution in [0, 0.1) is 0 Å². The summed E-state index contributed by atoms with van der Waals surface area (Å²) in [5, 5.41) is 0. The highest BCUT2D eigenvalue weighted by Crippen LogP contribution is 2.07. The third-order valence-corrected chi connectivity index (χ3v) is 1.52. The number of hydrogen-bond acceptors (Lipinski definition) is 5. The van der Waals surface area contributed by atoms with Crippen molar-refractivity contribution >= 4 is 11.0 Å². The largest absolute Gasteiger partial charge is 0.467 e. The van der Waals surface area contributed by atoms with Crippen LogP contribution in [0.4, 0.5) is 0 Å². The summed E-state index contributed by atoms with van der Waals surface area (Å²) < 4.78 is 4.81. The minimum Gasteiger partial charge on any atom is -0.467 e. The maximum Gasteiger partial charge on any atom is 0.345 e. The minimum atomic E-state index is -0.415. The number of rotatable bonds is 1. The second-order valence-corrected chi connectivity index (χ2v) is 2.34. The van der Waals surface area contributed by atoms with Crippen LogP contribution in [0.1, 0.15) is 0 Å². The molecule has 2 heterocycles. The quantitative estimate of drug-likeness (QED) is 0.649. The molecule has 2 aromatic rings. The molecular weight excluding hydrogens is 172 g/mol. The van der Waals surface area contributed by atoms with E-state index in [2.05, 4.69) is 19.9 Å². The fraction of sp³-hybridized carbons (Fsp3) is 0.143. The van der Waals surface area contributed by atoms with Crippen LogP contribution in [0.3, 0.4) is 0 Å². The van der Waals surface area contributed by atoms with Crippen molar-refractivity contribution < 1.29 is 4.74 Å². The maximum atomic E-state index is 10.8. The Morgan fingerprint density at radius 3 is 3.00 bits per heavy atom. The van der Waals surface area contributed by atoms with Gasteiger partial charge in [-0.15, -0.1) is 0 Å². The highest BCUT2D eigenvalue weighted by molar-refractivity contribution is 5.71. The second kappa shape index (κ2) is 2.81. The van der Waals surface area contributed by atoms with Gasteiger partial charge in [-0.3, -0.25) is 0 Å². The number of hydrogen-bond donors (Lipinski definition) is 1. The number of ether oxygens (including phenoxy) is 1. The van der Waals surface area contributed by atoms with Gasteiger partial charge in [-0.05, 0) is 0 Å². The fourth-order valence-electron chi connectivity index (χ4n) is 0.938. The molecule has 0 aliphatic heterocycles. The van der Waals surface area contributed by atoms with Gasteiger partial charge in [-0.25, -0.2) is 9.78 Å². The number of aromatic amines is 1. The van der Waals surface area contributed by atoms with Crippen molar-refractivity contribution in [2.24, 2.45) is 0 Å². The molecule has 0 aromatic carbocycles. The third-order valence-electron chi connectivity index (χ3n) is 1.52. The predicted molar refractivity (Wildman–Crippen MR) is 44.5 cm³/mol. The standard InChI is InChI=1S/C7H6N4O2/c1-13-7-9-3-4-5(11-7)2-8-6(12)10-4/h2-3H,1H3,(H,8,10,12). The van der Waals surface area contributed by atoms with Gasteiger partial charge in [0.1, 0.15) is 5.52 Å². The number of aromatic nitrogens is 4. The van der Waals surface area contributed by atoms with Crippen LogP contribution >= 0.6 is 0 Å². The summed E-state index contributed by atoms with van der Waals surface area (Å²) in [6, 6.07) is 0.251. The lowest BCUT2D eigenvalue weighted by molar-refractivity contribution is 0.381. The molecule has 0 radical (unpaired) electrons. The first-order valence-corrected chi connectivity index (χ1v) is 3.55. The van der Waals surface area contributed by atoms with Gasteiger partial charge < -0.3 is 9.72 Å². The van der Waals surface area contributed by atoms with Crippen LogP contribution in [0.15, 0.2) is 17.2 Å². The Bertz CT molecular complexity index is 493. The first-order valence-electron chi connectivity index (χ1n) is 3.55. The van der Waals surface area contributed by atoms with Gasteiger partial charge in [-0.1, -0.05) is 0 Å². The molecule has 6 heteroatoms. The Morgan fingerprint density at radius 2 is 2.23 bits per heavy atom. The van der Waals surface area contributed by atoms with Crippen molar-refractivity contribution in [3.05, 3.63) is 22.9 Å². The molecule has 1 N–H and O–H groups in total. The van der Waals surface area contributed by atoms with E-state index >= 15 is 0 Å². The summed E-state index contributed by atoms with van der Waals surface area (Å²) in [4.78, 5) is 24.6. The molecule has 0 atom stereocenters. The molecule has 0 aliphatic carbocycles. The first-order chi connectivity index (χ1) is 6.29. The average Bonchev–Trinajstić information content (AvgIpc) is 2.17. The predicted octanol–water partition coefficient (Wildman–Crippen LogP) is -0.278. The fourth-order valence-corrected chi connectivity index (χ4v) is 0.938. The monoisotopic (exact) mass is 178 g/mol. The van der Waals surface area contributed by atoms with Gasteiger partial charge in [0.15, 0.2) is 0 Å². The smallest absolute Gasteiger partial charge is 0.345 e. The second-order valence-electron chi connectivity index (χ2n) is 2.34. The molecule has 0 saturated heterocycles. The summed E-state index contributed by atoms with van der Waals surface area (Å²) >= 11 is 0. The molecule has 13 heavy (non-hydrogen) atoms. The minimum absolute atomic E-state index is 0.251. The van der Waals surface area contributed by atoms with Gasteiger partial charge in [0.2, 0.25) is 0 Å². The van der Waals surface area contributed by atoms with Crippen molar-refractivity contribution in [3.63, 3.8) is 0 Å². The summed E-state index contributed by atoms with van der Waals surface area (Å²) in [5.41, 5.74) is 0.675. The van der Waals surface area contributed by atoms with Gasteiger partial charge in [-0.2, -0.15) is 9.97 Å². The van der Waals surface area contributed by atoms with Gasteiger partial charge in [0.05, 0.1) is 25.0 Å². The zero-order chi connectivity index (χ0) is 9.26. The molecule has 2 rings (SSSR count). The average molecular weight is 178 g/mol. The first kappa shape index (κ1) is 7.66.